The highest BCUT2D eigenvalue weighted by Crippen LogP contribution is 2.41. The number of rotatable bonds is 4. The molecular weight excluding hydrogens is 606 g/mol. The van der Waals surface area contributed by atoms with Gasteiger partial charge in [0.15, 0.2) is 17.7 Å². The van der Waals surface area contributed by atoms with Gasteiger partial charge in [0, 0.05) is 31.1 Å². The second kappa shape index (κ2) is 14.8. The molecule has 4 heterocycles. The number of likely N-dealkylation sites (N-methyl/N-ethyl adjacent to an activating group) is 2. The van der Waals surface area contributed by atoms with Crippen LogP contribution in [0.25, 0.3) is 0 Å². The van der Waals surface area contributed by atoms with E-state index in [0.29, 0.717) is 25.8 Å². The van der Waals surface area contributed by atoms with Gasteiger partial charge in [-0.15, -0.1) is 0 Å². The quantitative estimate of drug-likeness (QED) is 0.270. The van der Waals surface area contributed by atoms with Crippen molar-refractivity contribution >= 4 is 17.8 Å². The molecule has 0 spiro atoms. The molecule has 2 unspecified atom stereocenters. The van der Waals surface area contributed by atoms with Crippen LogP contribution in [0.5, 0.6) is 0 Å². The van der Waals surface area contributed by atoms with E-state index in [-0.39, 0.29) is 43.0 Å². The highest BCUT2D eigenvalue weighted by atomic mass is 16.7. The van der Waals surface area contributed by atoms with Crippen molar-refractivity contribution in [1.29, 1.82) is 0 Å². The number of nitrogens with zero attached hydrogens (tertiary/aromatic N) is 3. The fourth-order valence-corrected chi connectivity index (χ4v) is 8.42. The molecule has 0 aliphatic carbocycles. The van der Waals surface area contributed by atoms with Crippen LogP contribution in [-0.4, -0.2) is 139 Å². The number of amides is 1. The van der Waals surface area contributed by atoms with E-state index in [1.54, 1.807) is 18.7 Å². The van der Waals surface area contributed by atoms with Gasteiger partial charge in [0.1, 0.15) is 18.1 Å². The first-order chi connectivity index (χ1) is 21.9. The molecule has 4 aliphatic rings. The Morgan fingerprint density at radius 3 is 2.40 bits per heavy atom. The Bertz CT molecular complexity index is 1170. The summed E-state index contributed by atoms with van der Waals surface area (Å²) >= 11 is 0. The van der Waals surface area contributed by atoms with E-state index in [9.17, 15) is 19.5 Å². The minimum atomic E-state index is -1.16. The molecule has 47 heavy (non-hydrogen) atoms. The first kappa shape index (κ1) is 37.7. The summed E-state index contributed by atoms with van der Waals surface area (Å²) in [6.45, 7) is 16.2. The Hall–Kier alpha value is -2.09. The lowest BCUT2D eigenvalue weighted by molar-refractivity contribution is -0.297. The average Bonchev–Trinajstić information content (AvgIpc) is 3.26. The van der Waals surface area contributed by atoms with Crippen LogP contribution in [-0.2, 0) is 33.3 Å². The van der Waals surface area contributed by atoms with Gasteiger partial charge in [-0.25, -0.2) is 4.79 Å². The van der Waals surface area contributed by atoms with Gasteiger partial charge in [-0.2, -0.15) is 0 Å². The zero-order valence-corrected chi connectivity index (χ0v) is 30.3. The Balaban J connectivity index is 1.86. The topological polar surface area (TPSA) is 127 Å². The average molecular weight is 666 g/mol. The number of hydrogen-bond donors (Lipinski definition) is 1. The van der Waals surface area contributed by atoms with Crippen LogP contribution in [0.1, 0.15) is 74.7 Å². The molecule has 3 saturated heterocycles. The summed E-state index contributed by atoms with van der Waals surface area (Å²) in [7, 11) is 5.85. The summed E-state index contributed by atoms with van der Waals surface area (Å²) in [5.74, 6) is -2.96. The third kappa shape index (κ3) is 7.57. The van der Waals surface area contributed by atoms with E-state index in [1.807, 2.05) is 65.9 Å². The SMILES string of the molecule is CC[C@H]1OC(=O)C(C)C(=O)[C@H](C)[C@@H](O[C@@H]2O[C@H](C)CC(N(C)C)[C@H]2O)[C@@]2(C)C[C@@H](C)CN(C)[C@H](C)[C@H]3N(C/C=C/CO2)C(=O)O[C@]13C. The maximum absolute atomic E-state index is 14.3. The summed E-state index contributed by atoms with van der Waals surface area (Å²) < 4.78 is 31.8. The third-order valence-electron chi connectivity index (χ3n) is 11.1. The highest BCUT2D eigenvalue weighted by molar-refractivity contribution is 6.00. The van der Waals surface area contributed by atoms with E-state index >= 15 is 0 Å². The first-order valence-corrected chi connectivity index (χ1v) is 17.3. The molecule has 3 fully saturated rings. The third-order valence-corrected chi connectivity index (χ3v) is 11.1. The Kier molecular flexibility index (Phi) is 11.9. The number of carbonyl (C=O) groups excluding carboxylic acids is 3. The van der Waals surface area contributed by atoms with E-state index in [4.69, 9.17) is 23.7 Å². The number of hydrogen-bond acceptors (Lipinski definition) is 11. The number of ketones is 1. The molecule has 4 rings (SSSR count). The number of Topliss-reactive ketones (excluding diaryl/α,β-unsaturated/α-hetero) is 1. The van der Waals surface area contributed by atoms with Gasteiger partial charge >= 0.3 is 12.1 Å². The molecule has 4 aliphatic heterocycles. The normalized spacial score (nSPS) is 45.3. The van der Waals surface area contributed by atoms with Crippen molar-refractivity contribution < 1.29 is 43.2 Å². The van der Waals surface area contributed by atoms with Crippen LogP contribution in [0.2, 0.25) is 0 Å². The molecule has 12 heteroatoms. The molecule has 0 aromatic carbocycles. The van der Waals surface area contributed by atoms with E-state index in [2.05, 4.69) is 18.7 Å². The standard InChI is InChI=1S/C35H59N3O9/c1-12-26-35(8)29-24(6)37(11)19-20(2)18-34(7,43-16-14-13-15-38(29)33(42)47-35)30(22(4)27(39)23(5)31(41)45-26)46-32-28(40)25(36(9)10)17-21(3)44-32/h13-14,20-26,28-30,32,40H,12,15-19H2,1-11H3/b14-13+/t20-,21-,22+,23?,24-,25?,26-,28-,29-,30-,32+,34-,35-/m1/s1. The summed E-state index contributed by atoms with van der Waals surface area (Å²) in [6.07, 6.45) is 0.939. The zero-order chi connectivity index (χ0) is 35.0. The van der Waals surface area contributed by atoms with Gasteiger partial charge in [0.2, 0.25) is 0 Å². The van der Waals surface area contributed by atoms with E-state index < -0.39 is 65.7 Å². The van der Waals surface area contributed by atoms with Crippen molar-refractivity contribution in [2.75, 3.05) is 40.8 Å². The highest BCUT2D eigenvalue weighted by Gasteiger charge is 2.59. The Labute approximate surface area is 281 Å². The molecule has 12 nitrogen and oxygen atoms in total. The van der Waals surface area contributed by atoms with E-state index in [0.717, 1.165) is 0 Å². The molecule has 13 atom stereocenters. The van der Waals surface area contributed by atoms with Crippen LogP contribution in [0.3, 0.4) is 0 Å². The predicted octanol–water partition coefficient (Wildman–Crippen LogP) is 3.25. The number of aliphatic hydroxyl groups is 1. The number of fused-ring (bicyclic) bond motifs is 5. The van der Waals surface area contributed by atoms with Crippen molar-refractivity contribution in [2.24, 2.45) is 17.8 Å². The van der Waals surface area contributed by atoms with Gasteiger partial charge in [-0.1, -0.05) is 32.9 Å². The Morgan fingerprint density at radius 2 is 1.77 bits per heavy atom. The maximum atomic E-state index is 14.3. The van der Waals surface area contributed by atoms with Crippen molar-refractivity contribution in [3.63, 3.8) is 0 Å². The lowest BCUT2D eigenvalue weighted by atomic mass is 9.78. The van der Waals surface area contributed by atoms with Gasteiger partial charge in [-0.05, 0) is 80.9 Å². The summed E-state index contributed by atoms with van der Waals surface area (Å²) in [4.78, 5) is 47.4. The smallest absolute Gasteiger partial charge is 0.411 e. The van der Waals surface area contributed by atoms with Crippen LogP contribution in [0, 0.1) is 17.8 Å². The van der Waals surface area contributed by atoms with Crippen molar-refractivity contribution in [3.8, 4) is 0 Å². The largest absolute Gasteiger partial charge is 0.458 e. The lowest BCUT2D eigenvalue weighted by Crippen LogP contribution is -2.61. The van der Waals surface area contributed by atoms with Crippen molar-refractivity contribution in [1.82, 2.24) is 14.7 Å². The molecule has 0 saturated carbocycles. The second-order valence-electron chi connectivity index (χ2n) is 15.1. The van der Waals surface area contributed by atoms with Crippen molar-refractivity contribution in [2.45, 2.75) is 135 Å². The lowest BCUT2D eigenvalue weighted by Gasteiger charge is -2.47. The monoisotopic (exact) mass is 665 g/mol. The molecular formula is C35H59N3O9. The van der Waals surface area contributed by atoms with Crippen LogP contribution >= 0.6 is 0 Å². The van der Waals surface area contributed by atoms with Crippen molar-refractivity contribution in [3.05, 3.63) is 12.2 Å². The van der Waals surface area contributed by atoms with E-state index in [1.165, 1.54) is 0 Å². The molecule has 1 amide bonds. The maximum Gasteiger partial charge on any atom is 0.411 e. The molecule has 0 radical (unpaired) electrons. The minimum Gasteiger partial charge on any atom is -0.458 e. The minimum absolute atomic E-state index is 0.0522. The summed E-state index contributed by atoms with van der Waals surface area (Å²) in [6, 6.07) is -0.828. The Morgan fingerprint density at radius 1 is 1.09 bits per heavy atom. The van der Waals surface area contributed by atoms with Gasteiger partial charge < -0.3 is 38.6 Å². The fourth-order valence-electron chi connectivity index (χ4n) is 8.42. The molecule has 0 aromatic rings. The summed E-state index contributed by atoms with van der Waals surface area (Å²) in [5, 5.41) is 11.4. The van der Waals surface area contributed by atoms with Gasteiger partial charge in [0.25, 0.3) is 0 Å². The summed E-state index contributed by atoms with van der Waals surface area (Å²) in [5.41, 5.74) is -2.19. The first-order valence-electron chi connectivity index (χ1n) is 17.3. The predicted molar refractivity (Wildman–Crippen MR) is 176 cm³/mol. The van der Waals surface area contributed by atoms with Crippen LogP contribution in [0.15, 0.2) is 12.2 Å². The fraction of sp³-hybridized carbons (Fsp3) is 0.857. The number of carbonyl (C=O) groups is 3. The molecule has 268 valence electrons. The number of esters is 1. The van der Waals surface area contributed by atoms with Gasteiger partial charge in [0.05, 0.1) is 30.5 Å². The van der Waals surface area contributed by atoms with Crippen LogP contribution in [0.4, 0.5) is 4.79 Å². The molecule has 1 N–H and O–H groups in total. The second-order valence-corrected chi connectivity index (χ2v) is 15.1. The van der Waals surface area contributed by atoms with Crippen LogP contribution < -0.4 is 0 Å². The molecule has 2 bridgehead atoms. The number of cyclic esters (lactones) is 1. The molecule has 0 aromatic heterocycles. The zero-order valence-electron chi connectivity index (χ0n) is 30.3. The van der Waals surface area contributed by atoms with Gasteiger partial charge in [-0.3, -0.25) is 14.5 Å². The number of aliphatic hydroxyl groups excluding tert-OH is 1. The number of ether oxygens (including phenoxy) is 5.